The van der Waals surface area contributed by atoms with Crippen LogP contribution in [0.1, 0.15) is 44.8 Å². The van der Waals surface area contributed by atoms with E-state index in [1.165, 1.54) is 5.56 Å². The predicted octanol–water partition coefficient (Wildman–Crippen LogP) is 4.00. The Morgan fingerprint density at radius 2 is 1.79 bits per heavy atom. The minimum absolute atomic E-state index is 0.117. The molecular weight excluding hydrogens is 362 g/mol. The fourth-order valence-electron chi connectivity index (χ4n) is 2.82. The molecule has 158 valence electrons. The van der Waals surface area contributed by atoms with Crippen molar-refractivity contribution in [3.8, 4) is 0 Å². The summed E-state index contributed by atoms with van der Waals surface area (Å²) in [5.41, 5.74) is 1.21. The van der Waals surface area contributed by atoms with Gasteiger partial charge in [0.25, 0.3) is 0 Å². The highest BCUT2D eigenvalue weighted by Crippen LogP contribution is 2.15. The average Bonchev–Trinajstić information content (AvgIpc) is 2.77. The van der Waals surface area contributed by atoms with Crippen LogP contribution in [0.15, 0.2) is 59.7 Å². The maximum Gasteiger partial charge on any atom is 0.191 e. The molecule has 6 nitrogen and oxygen atoms in total. The zero-order chi connectivity index (χ0) is 20.6. The third-order valence-corrected chi connectivity index (χ3v) is 4.42. The number of guanidine groups is 1. The largest absolute Gasteiger partial charge is 0.374 e. The molecule has 0 saturated carbocycles. The lowest BCUT2D eigenvalue weighted by Crippen LogP contribution is -2.38. The molecule has 3 N–H and O–H groups in total. The lowest BCUT2D eigenvalue weighted by atomic mass is 10.1. The van der Waals surface area contributed by atoms with Crippen molar-refractivity contribution in [3.63, 3.8) is 0 Å². The van der Waals surface area contributed by atoms with Crippen molar-refractivity contribution < 1.29 is 4.74 Å². The summed E-state index contributed by atoms with van der Waals surface area (Å²) in [5, 5.41) is 10.0. The highest BCUT2D eigenvalue weighted by Gasteiger charge is 2.04. The fraction of sp³-hybridized carbons (Fsp3) is 0.478. The van der Waals surface area contributed by atoms with Crippen LogP contribution in [0.4, 0.5) is 5.82 Å². The van der Waals surface area contributed by atoms with Crippen molar-refractivity contribution in [2.45, 2.75) is 39.2 Å². The average molecular weight is 398 g/mol. The van der Waals surface area contributed by atoms with Crippen molar-refractivity contribution in [3.05, 3.63) is 60.3 Å². The second-order valence-electron chi connectivity index (χ2n) is 6.81. The number of aromatic nitrogens is 1. The van der Waals surface area contributed by atoms with E-state index in [0.29, 0.717) is 6.61 Å². The molecule has 0 saturated heterocycles. The van der Waals surface area contributed by atoms with Gasteiger partial charge < -0.3 is 20.7 Å². The first-order chi connectivity index (χ1) is 14.3. The normalized spacial score (nSPS) is 12.4. The number of rotatable bonds is 13. The first kappa shape index (κ1) is 22.7. The molecular formula is C23H35N5O. The summed E-state index contributed by atoms with van der Waals surface area (Å²) in [7, 11) is 0. The lowest BCUT2D eigenvalue weighted by molar-refractivity contribution is 0.0652. The van der Waals surface area contributed by atoms with Crippen LogP contribution in [-0.2, 0) is 4.74 Å². The van der Waals surface area contributed by atoms with Crippen molar-refractivity contribution in [2.24, 2.45) is 4.99 Å². The van der Waals surface area contributed by atoms with E-state index < -0.39 is 0 Å². The molecule has 0 aliphatic carbocycles. The molecule has 1 atom stereocenters. The third-order valence-electron chi connectivity index (χ3n) is 4.42. The second-order valence-corrected chi connectivity index (χ2v) is 6.81. The number of pyridine rings is 1. The molecule has 0 radical (unpaired) electrons. The van der Waals surface area contributed by atoms with Crippen LogP contribution >= 0.6 is 0 Å². The molecule has 1 aromatic carbocycles. The van der Waals surface area contributed by atoms with Crippen LogP contribution in [0.5, 0.6) is 0 Å². The molecule has 0 spiro atoms. The monoisotopic (exact) mass is 397 g/mol. The molecule has 0 fully saturated rings. The Morgan fingerprint density at radius 1 is 1.00 bits per heavy atom. The molecule has 6 heteroatoms. The number of anilines is 1. The topological polar surface area (TPSA) is 70.6 Å². The number of unbranched alkanes of at least 4 members (excludes halogenated alkanes) is 1. The van der Waals surface area contributed by atoms with Crippen LogP contribution in [0.2, 0.25) is 0 Å². The number of hydrogen-bond acceptors (Lipinski definition) is 4. The molecule has 0 aliphatic rings. The van der Waals surface area contributed by atoms with E-state index in [-0.39, 0.29) is 6.10 Å². The van der Waals surface area contributed by atoms with Crippen molar-refractivity contribution in [1.82, 2.24) is 15.6 Å². The van der Waals surface area contributed by atoms with E-state index in [0.717, 1.165) is 57.2 Å². The first-order valence-corrected chi connectivity index (χ1v) is 10.6. The molecule has 1 heterocycles. The van der Waals surface area contributed by atoms with E-state index in [9.17, 15) is 0 Å². The minimum atomic E-state index is 0.117. The lowest BCUT2D eigenvalue weighted by Gasteiger charge is -2.13. The fourth-order valence-corrected chi connectivity index (χ4v) is 2.82. The van der Waals surface area contributed by atoms with Crippen LogP contribution in [0, 0.1) is 0 Å². The first-order valence-electron chi connectivity index (χ1n) is 10.6. The van der Waals surface area contributed by atoms with Crippen molar-refractivity contribution >= 4 is 11.8 Å². The van der Waals surface area contributed by atoms with Crippen LogP contribution in [-0.4, -0.2) is 43.7 Å². The smallest absolute Gasteiger partial charge is 0.191 e. The van der Waals surface area contributed by atoms with Gasteiger partial charge in [-0.2, -0.15) is 0 Å². The summed E-state index contributed by atoms with van der Waals surface area (Å²) >= 11 is 0. The van der Waals surface area contributed by atoms with E-state index in [2.05, 4.69) is 51.9 Å². The van der Waals surface area contributed by atoms with Gasteiger partial charge in [-0.15, -0.1) is 0 Å². The molecule has 1 unspecified atom stereocenters. The molecule has 0 aliphatic heterocycles. The molecule has 1 aromatic heterocycles. The van der Waals surface area contributed by atoms with E-state index in [1.54, 1.807) is 6.20 Å². The zero-order valence-corrected chi connectivity index (χ0v) is 17.7. The van der Waals surface area contributed by atoms with E-state index in [1.807, 2.05) is 36.4 Å². The summed E-state index contributed by atoms with van der Waals surface area (Å²) in [6.07, 6.45) is 4.97. The number of benzene rings is 1. The summed E-state index contributed by atoms with van der Waals surface area (Å²) < 4.78 is 5.91. The number of hydrogen-bond donors (Lipinski definition) is 3. The van der Waals surface area contributed by atoms with Crippen LogP contribution < -0.4 is 16.0 Å². The van der Waals surface area contributed by atoms with E-state index in [4.69, 9.17) is 4.74 Å². The van der Waals surface area contributed by atoms with Crippen LogP contribution in [0.3, 0.4) is 0 Å². The Hall–Kier alpha value is -2.60. The quantitative estimate of drug-likeness (QED) is 0.271. The number of nitrogens with one attached hydrogen (secondary N) is 3. The van der Waals surface area contributed by atoms with Gasteiger partial charge >= 0.3 is 0 Å². The summed E-state index contributed by atoms with van der Waals surface area (Å²) in [4.78, 5) is 8.90. The maximum absolute atomic E-state index is 5.91. The Balaban J connectivity index is 1.56. The number of ether oxygens (including phenoxy) is 1. The van der Waals surface area contributed by atoms with Gasteiger partial charge in [0, 0.05) is 39.0 Å². The van der Waals surface area contributed by atoms with Gasteiger partial charge in [0.05, 0.1) is 6.10 Å². The van der Waals surface area contributed by atoms with Gasteiger partial charge in [-0.1, -0.05) is 36.4 Å². The number of nitrogens with zero attached hydrogens (tertiary/aromatic N) is 2. The predicted molar refractivity (Wildman–Crippen MR) is 121 cm³/mol. The SMILES string of the molecule is CCNC(=NCCCOC(C)c1ccccc1)NCCCCNc1ccccn1. The molecule has 0 bridgehead atoms. The van der Waals surface area contributed by atoms with Crippen molar-refractivity contribution in [2.75, 3.05) is 38.1 Å². The van der Waals surface area contributed by atoms with Crippen LogP contribution in [0.25, 0.3) is 0 Å². The zero-order valence-electron chi connectivity index (χ0n) is 17.7. The Labute approximate surface area is 175 Å². The number of aliphatic imine (C=N–C) groups is 1. The Morgan fingerprint density at radius 3 is 2.55 bits per heavy atom. The molecule has 2 rings (SSSR count). The molecule has 0 amide bonds. The van der Waals surface area contributed by atoms with Gasteiger partial charge in [-0.05, 0) is 50.8 Å². The summed E-state index contributed by atoms with van der Waals surface area (Å²) in [6.45, 7) is 8.30. The Kier molecular flexibility index (Phi) is 11.3. The highest BCUT2D eigenvalue weighted by molar-refractivity contribution is 5.79. The van der Waals surface area contributed by atoms with Gasteiger partial charge in [0.1, 0.15) is 5.82 Å². The summed E-state index contributed by atoms with van der Waals surface area (Å²) in [6, 6.07) is 16.2. The van der Waals surface area contributed by atoms with Gasteiger partial charge in [0.15, 0.2) is 5.96 Å². The highest BCUT2D eigenvalue weighted by atomic mass is 16.5. The van der Waals surface area contributed by atoms with Crippen molar-refractivity contribution in [1.29, 1.82) is 0 Å². The molecule has 2 aromatic rings. The Bertz CT molecular complexity index is 678. The van der Waals surface area contributed by atoms with Gasteiger partial charge in [-0.3, -0.25) is 4.99 Å². The second kappa shape index (κ2) is 14.4. The molecule has 29 heavy (non-hydrogen) atoms. The van der Waals surface area contributed by atoms with E-state index >= 15 is 0 Å². The van der Waals surface area contributed by atoms with Gasteiger partial charge in [-0.25, -0.2) is 4.98 Å². The standard InChI is InChI=1S/C23H35N5O/c1-3-24-23(27-17-10-9-16-26-22-14-7-8-15-25-22)28-18-11-19-29-20(2)21-12-5-4-6-13-21/h4-8,12-15,20H,3,9-11,16-19H2,1-2H3,(H,25,26)(H2,24,27,28). The maximum atomic E-state index is 5.91. The van der Waals surface area contributed by atoms with Gasteiger partial charge in [0.2, 0.25) is 0 Å². The summed E-state index contributed by atoms with van der Waals surface area (Å²) in [5.74, 6) is 1.81. The third kappa shape index (κ3) is 9.94. The minimum Gasteiger partial charge on any atom is -0.374 e.